The van der Waals surface area contributed by atoms with Crippen molar-refractivity contribution in [3.63, 3.8) is 0 Å². The van der Waals surface area contributed by atoms with E-state index in [2.05, 4.69) is 331 Å². The lowest BCUT2D eigenvalue weighted by Gasteiger charge is -2.33. The standard InChI is InChI=1S/C18H18.C14H22.C11H16O.C11H16.C10H20.C10H18.C10H14.C2H6/c1-18(2,3)17-15-10-6-4-8-13(15)12-14-9-5-7-11-16(14)17;1-13(2,3)11-7-9-12(10-8-11)14(4,5)6;1-11(2,3)12-9-10-7-5-4-6-8-10;1-9-5-7-10(8-6-9)11(2,3)4;3*1-10(2,3)9-7-5-4-6-8-9;1-2/h4-12H,1-3H3;7-10H,1-6H3;4-8H,9H2,1-3H3;5-8H,1-4H3;9H,4-8H2,1-3H3;5,7,9H,4,6,8H2,1-3H3;4-8H,1-3H3;1-2H3. The molecule has 7 aromatic carbocycles. The minimum atomic E-state index is -0.0458. The summed E-state index contributed by atoms with van der Waals surface area (Å²) >= 11 is 0. The second-order valence-corrected chi connectivity index (χ2v) is 32.7. The lowest BCUT2D eigenvalue weighted by atomic mass is 9.72. The molecular formula is C86H130O. The molecule has 0 aliphatic heterocycles. The normalized spacial score (nSPS) is 14.8. The third-order valence-corrected chi connectivity index (χ3v) is 16.4. The van der Waals surface area contributed by atoms with Gasteiger partial charge in [-0.3, -0.25) is 0 Å². The fourth-order valence-corrected chi connectivity index (χ4v) is 10.7. The third-order valence-electron chi connectivity index (χ3n) is 16.4. The van der Waals surface area contributed by atoms with Crippen molar-refractivity contribution in [2.45, 2.75) is 278 Å². The Balaban J connectivity index is 0.000000348. The highest BCUT2D eigenvalue weighted by Gasteiger charge is 2.26. The van der Waals surface area contributed by atoms with Gasteiger partial charge in [-0.1, -0.05) is 354 Å². The molecule has 0 aromatic heterocycles. The number of benzene rings is 7. The van der Waals surface area contributed by atoms with Crippen molar-refractivity contribution in [2.24, 2.45) is 22.7 Å². The van der Waals surface area contributed by atoms with Gasteiger partial charge < -0.3 is 4.74 Å². The van der Waals surface area contributed by atoms with E-state index in [1.165, 1.54) is 112 Å². The van der Waals surface area contributed by atoms with Gasteiger partial charge in [0, 0.05) is 0 Å². The average molecular weight is 1180 g/mol. The number of allylic oxidation sites excluding steroid dienone is 2. The van der Waals surface area contributed by atoms with Gasteiger partial charge in [0.25, 0.3) is 0 Å². The average Bonchev–Trinajstić information content (AvgIpc) is 2.10. The van der Waals surface area contributed by atoms with Crippen molar-refractivity contribution < 1.29 is 4.74 Å². The lowest BCUT2D eigenvalue weighted by molar-refractivity contribution is -0.0149. The molecule has 0 radical (unpaired) electrons. The van der Waals surface area contributed by atoms with Crippen molar-refractivity contribution in [2.75, 3.05) is 0 Å². The number of aryl methyl sites for hydroxylation is 1. The highest BCUT2D eigenvalue weighted by atomic mass is 16.5. The molecule has 0 saturated heterocycles. The van der Waals surface area contributed by atoms with Gasteiger partial charge in [-0.15, -0.1) is 0 Å². The number of rotatable bonds is 2. The quantitative estimate of drug-likeness (QED) is 0.124. The first-order chi connectivity index (χ1) is 40.2. The number of hydrogen-bond acceptors (Lipinski definition) is 1. The van der Waals surface area contributed by atoms with Gasteiger partial charge in [0.05, 0.1) is 12.2 Å². The molecule has 2 aliphatic carbocycles. The van der Waals surface area contributed by atoms with Crippen molar-refractivity contribution in [1.29, 1.82) is 0 Å². The molecule has 0 spiro atoms. The number of ether oxygens (including phenoxy) is 1. The summed E-state index contributed by atoms with van der Waals surface area (Å²) in [6.07, 6.45) is 16.2. The summed E-state index contributed by atoms with van der Waals surface area (Å²) in [6, 6.07) is 58.2. The summed E-state index contributed by atoms with van der Waals surface area (Å²) in [4.78, 5) is 0. The van der Waals surface area contributed by atoms with Crippen LogP contribution in [0.1, 0.15) is 270 Å². The summed E-state index contributed by atoms with van der Waals surface area (Å²) in [5.74, 6) is 1.82. The summed E-state index contributed by atoms with van der Waals surface area (Å²) in [6.45, 7) is 60.9. The molecule has 1 atom stereocenters. The number of hydrogen-bond donors (Lipinski definition) is 0. The van der Waals surface area contributed by atoms with E-state index in [1.807, 2.05) is 32.0 Å². The Hall–Kier alpha value is -5.24. The van der Waals surface area contributed by atoms with E-state index in [9.17, 15) is 0 Å². The summed E-state index contributed by atoms with van der Waals surface area (Å²) in [5.41, 5.74) is 11.9. The summed E-state index contributed by atoms with van der Waals surface area (Å²) in [5, 5.41) is 5.43. The van der Waals surface area contributed by atoms with Crippen LogP contribution in [0.3, 0.4) is 0 Å². The van der Waals surface area contributed by atoms with E-state index in [1.54, 1.807) is 0 Å². The van der Waals surface area contributed by atoms with Crippen LogP contribution in [0.25, 0.3) is 21.5 Å². The Morgan fingerprint density at radius 1 is 0.368 bits per heavy atom. The van der Waals surface area contributed by atoms with Crippen molar-refractivity contribution >= 4 is 21.5 Å². The van der Waals surface area contributed by atoms with Crippen LogP contribution in [0, 0.1) is 29.6 Å². The smallest absolute Gasteiger partial charge is 0.0724 e. The van der Waals surface area contributed by atoms with E-state index in [0.717, 1.165) is 11.8 Å². The van der Waals surface area contributed by atoms with Crippen LogP contribution in [0.15, 0.2) is 176 Å². The molecule has 87 heavy (non-hydrogen) atoms. The molecule has 0 N–H and O–H groups in total. The molecule has 1 unspecified atom stereocenters. The fourth-order valence-electron chi connectivity index (χ4n) is 10.7. The first-order valence-corrected chi connectivity index (χ1v) is 33.7. The molecule has 1 saturated carbocycles. The lowest BCUT2D eigenvalue weighted by Crippen LogP contribution is -2.22. The highest BCUT2D eigenvalue weighted by Crippen LogP contribution is 2.39. The van der Waals surface area contributed by atoms with E-state index in [0.29, 0.717) is 22.9 Å². The Morgan fingerprint density at radius 2 is 0.736 bits per heavy atom. The Morgan fingerprint density at radius 3 is 1.05 bits per heavy atom. The molecule has 1 heteroatoms. The summed E-state index contributed by atoms with van der Waals surface area (Å²) < 4.78 is 5.62. The minimum absolute atomic E-state index is 0.0458. The van der Waals surface area contributed by atoms with Gasteiger partial charge in [0.15, 0.2) is 0 Å². The second-order valence-electron chi connectivity index (χ2n) is 32.7. The molecule has 0 bridgehead atoms. The monoisotopic (exact) mass is 1180 g/mol. The van der Waals surface area contributed by atoms with Crippen LogP contribution in [0.4, 0.5) is 0 Å². The molecule has 9 rings (SSSR count). The molecule has 7 aromatic rings. The van der Waals surface area contributed by atoms with Crippen LogP contribution in [0.2, 0.25) is 0 Å². The molecule has 0 amide bonds. The number of fused-ring (bicyclic) bond motifs is 2. The maximum Gasteiger partial charge on any atom is 0.0724 e. The maximum absolute atomic E-state index is 5.62. The van der Waals surface area contributed by atoms with Crippen molar-refractivity contribution in [1.82, 2.24) is 0 Å². The van der Waals surface area contributed by atoms with Gasteiger partial charge in [0.2, 0.25) is 0 Å². The van der Waals surface area contributed by atoms with Gasteiger partial charge in [-0.05, 0) is 171 Å². The molecule has 480 valence electrons. The third kappa shape index (κ3) is 30.2. The second kappa shape index (κ2) is 35.2. The Labute approximate surface area is 538 Å². The highest BCUT2D eigenvalue weighted by molar-refractivity contribution is 6.03. The first-order valence-electron chi connectivity index (χ1n) is 33.7. The van der Waals surface area contributed by atoms with Crippen LogP contribution in [0.5, 0.6) is 0 Å². The first kappa shape index (κ1) is 77.9. The largest absolute Gasteiger partial charge is 0.371 e. The van der Waals surface area contributed by atoms with Crippen LogP contribution < -0.4 is 0 Å². The zero-order chi connectivity index (χ0) is 66.1. The SMILES string of the molecule is CC.CC(C)(C)C1C=CCCC1.CC(C)(C)C1CCCCC1.CC(C)(C)OCc1ccccc1.CC(C)(C)c1c2ccccc2cc2ccccc12.CC(C)(C)c1ccc(C(C)(C)C)cc1.CC(C)(C)c1ccccc1.Cc1ccc(C(C)(C)C)cc1. The van der Waals surface area contributed by atoms with E-state index in [-0.39, 0.29) is 27.3 Å². The predicted octanol–water partition coefficient (Wildman–Crippen LogP) is 26.9. The fraction of sp³-hybridized carbons (Fsp3) is 0.535. The van der Waals surface area contributed by atoms with Gasteiger partial charge in [-0.2, -0.15) is 0 Å². The summed E-state index contributed by atoms with van der Waals surface area (Å²) in [7, 11) is 0. The van der Waals surface area contributed by atoms with E-state index >= 15 is 0 Å². The molecule has 1 fully saturated rings. The van der Waals surface area contributed by atoms with Gasteiger partial charge in [-0.25, -0.2) is 0 Å². The Bertz CT molecular complexity index is 2870. The van der Waals surface area contributed by atoms with E-state index < -0.39 is 0 Å². The van der Waals surface area contributed by atoms with Gasteiger partial charge >= 0.3 is 0 Å². The van der Waals surface area contributed by atoms with Crippen LogP contribution in [-0.2, 0) is 38.4 Å². The van der Waals surface area contributed by atoms with Crippen LogP contribution >= 0.6 is 0 Å². The minimum Gasteiger partial charge on any atom is -0.371 e. The van der Waals surface area contributed by atoms with Crippen molar-refractivity contribution in [3.8, 4) is 0 Å². The molecule has 2 aliphatic rings. The Kier molecular flexibility index (Phi) is 31.5. The predicted molar refractivity (Wildman–Crippen MR) is 393 cm³/mol. The topological polar surface area (TPSA) is 9.23 Å². The van der Waals surface area contributed by atoms with Crippen LogP contribution in [-0.4, -0.2) is 5.60 Å². The van der Waals surface area contributed by atoms with Crippen molar-refractivity contribution in [3.05, 3.63) is 215 Å². The van der Waals surface area contributed by atoms with E-state index in [4.69, 9.17) is 4.74 Å². The molecule has 1 nitrogen and oxygen atoms in total. The molecule has 0 heterocycles. The zero-order valence-corrected chi connectivity index (χ0v) is 61.2. The molecular weight excluding hydrogens is 1050 g/mol. The maximum atomic E-state index is 5.62. The van der Waals surface area contributed by atoms with Gasteiger partial charge in [0.1, 0.15) is 0 Å². The zero-order valence-electron chi connectivity index (χ0n) is 61.2.